The summed E-state index contributed by atoms with van der Waals surface area (Å²) in [5, 5.41) is 4.64. The molecule has 0 bridgehead atoms. The molecule has 0 aliphatic carbocycles. The summed E-state index contributed by atoms with van der Waals surface area (Å²) in [6, 6.07) is 16.4. The summed E-state index contributed by atoms with van der Waals surface area (Å²) < 4.78 is 17.7. The number of aryl methyl sites for hydroxylation is 1. The molecule has 3 aromatic rings. The molecule has 0 saturated heterocycles. The van der Waals surface area contributed by atoms with Gasteiger partial charge in [0.1, 0.15) is 5.75 Å². The van der Waals surface area contributed by atoms with E-state index in [-0.39, 0.29) is 5.97 Å². The minimum absolute atomic E-state index is 0.356. The summed E-state index contributed by atoms with van der Waals surface area (Å²) in [6.45, 7) is 9.81. The number of carbonyl (C=O) groups is 1. The fraction of sp³-hybridized carbons (Fsp3) is 0.444. The first-order chi connectivity index (χ1) is 16.6. The van der Waals surface area contributed by atoms with E-state index in [2.05, 4.69) is 34.3 Å². The van der Waals surface area contributed by atoms with Crippen LogP contribution in [-0.2, 0) is 27.2 Å². The van der Waals surface area contributed by atoms with Crippen LogP contribution in [0.5, 0.6) is 5.75 Å². The third kappa shape index (κ3) is 8.95. The normalized spacial score (nSPS) is 10.9. The van der Waals surface area contributed by atoms with Gasteiger partial charge < -0.3 is 23.5 Å². The standard InChI is InChI=1S/C23H28N2O4S.2C2H6/c1-27-22(23(26)28-2)15-17-5-7-19(8-6-17)24-12-4-13-25-14-11-18-16-20(29-30-3)9-10-21(18)25;2*1-2/h5-11,14,16,22,24H,4,12-13,15H2,1-3H3;2*1-2H3. The van der Waals surface area contributed by atoms with Crippen molar-refractivity contribution < 1.29 is 18.5 Å². The molecule has 0 fully saturated rings. The predicted octanol–water partition coefficient (Wildman–Crippen LogP) is 6.58. The Kier molecular flexibility index (Phi) is 14.6. The van der Waals surface area contributed by atoms with E-state index in [0.717, 1.165) is 36.5 Å². The smallest absolute Gasteiger partial charge is 0.335 e. The first kappa shape index (κ1) is 29.4. The molecule has 0 saturated carbocycles. The second-order valence-electron chi connectivity index (χ2n) is 6.91. The summed E-state index contributed by atoms with van der Waals surface area (Å²) in [5.41, 5.74) is 3.30. The van der Waals surface area contributed by atoms with Crippen molar-refractivity contribution in [1.82, 2.24) is 4.57 Å². The van der Waals surface area contributed by atoms with Crippen LogP contribution in [0.25, 0.3) is 10.9 Å². The molecule has 7 heteroatoms. The Morgan fingerprint density at radius 1 is 1.03 bits per heavy atom. The zero-order valence-corrected chi connectivity index (χ0v) is 22.4. The molecule has 3 rings (SSSR count). The van der Waals surface area contributed by atoms with Crippen molar-refractivity contribution in [3.63, 3.8) is 0 Å². The van der Waals surface area contributed by atoms with Crippen LogP contribution in [0.2, 0.25) is 0 Å². The maximum atomic E-state index is 11.6. The van der Waals surface area contributed by atoms with Gasteiger partial charge in [-0.1, -0.05) is 39.8 Å². The van der Waals surface area contributed by atoms with Gasteiger partial charge in [-0.2, -0.15) is 0 Å². The molecule has 1 heterocycles. The molecule has 0 spiro atoms. The lowest BCUT2D eigenvalue weighted by molar-refractivity contribution is -0.152. The molecular formula is C27H40N2O4S. The fourth-order valence-electron chi connectivity index (χ4n) is 3.37. The lowest BCUT2D eigenvalue weighted by atomic mass is 10.1. The minimum Gasteiger partial charge on any atom is -0.467 e. The van der Waals surface area contributed by atoms with Crippen LogP contribution in [0.1, 0.15) is 39.7 Å². The van der Waals surface area contributed by atoms with Gasteiger partial charge in [-0.15, -0.1) is 0 Å². The summed E-state index contributed by atoms with van der Waals surface area (Å²) >= 11 is 1.35. The highest BCUT2D eigenvalue weighted by molar-refractivity contribution is 7.94. The molecule has 0 amide bonds. The van der Waals surface area contributed by atoms with Gasteiger partial charge in [-0.05, 0) is 48.4 Å². The number of nitrogens with zero attached hydrogens (tertiary/aromatic N) is 1. The van der Waals surface area contributed by atoms with E-state index in [1.807, 2.05) is 64.3 Å². The van der Waals surface area contributed by atoms with Gasteiger partial charge in [0.15, 0.2) is 6.10 Å². The number of hydrogen-bond donors (Lipinski definition) is 1. The van der Waals surface area contributed by atoms with Crippen molar-refractivity contribution in [1.29, 1.82) is 0 Å². The second-order valence-corrected chi connectivity index (χ2v) is 7.41. The number of nitrogens with one attached hydrogen (secondary N) is 1. The molecule has 6 nitrogen and oxygen atoms in total. The number of benzene rings is 2. The topological polar surface area (TPSA) is 61.7 Å². The maximum absolute atomic E-state index is 11.6. The van der Waals surface area contributed by atoms with E-state index < -0.39 is 6.10 Å². The van der Waals surface area contributed by atoms with Gasteiger partial charge in [0.2, 0.25) is 0 Å². The summed E-state index contributed by atoms with van der Waals surface area (Å²) in [4.78, 5) is 11.6. The monoisotopic (exact) mass is 488 g/mol. The summed E-state index contributed by atoms with van der Waals surface area (Å²) in [7, 11) is 2.89. The highest BCUT2D eigenvalue weighted by atomic mass is 32.2. The van der Waals surface area contributed by atoms with Crippen molar-refractivity contribution >= 4 is 34.6 Å². The van der Waals surface area contributed by atoms with E-state index in [0.29, 0.717) is 6.42 Å². The number of rotatable bonds is 11. The molecule has 188 valence electrons. The van der Waals surface area contributed by atoms with Crippen LogP contribution < -0.4 is 9.50 Å². The van der Waals surface area contributed by atoms with Crippen molar-refractivity contribution in [2.45, 2.75) is 53.2 Å². The molecule has 1 N–H and O–H groups in total. The Labute approximate surface area is 209 Å². The Morgan fingerprint density at radius 3 is 2.35 bits per heavy atom. The minimum atomic E-state index is -0.575. The number of ether oxygens (including phenoxy) is 2. The lowest BCUT2D eigenvalue weighted by Gasteiger charge is -2.13. The zero-order chi connectivity index (χ0) is 25.3. The van der Waals surface area contributed by atoms with Gasteiger partial charge in [-0.3, -0.25) is 0 Å². The van der Waals surface area contributed by atoms with Crippen molar-refractivity contribution in [2.75, 3.05) is 32.3 Å². The molecule has 2 aromatic carbocycles. The Balaban J connectivity index is 0.00000137. The van der Waals surface area contributed by atoms with Crippen molar-refractivity contribution in [3.05, 3.63) is 60.3 Å². The van der Waals surface area contributed by atoms with E-state index in [1.165, 1.54) is 37.2 Å². The Morgan fingerprint density at radius 2 is 1.74 bits per heavy atom. The predicted molar refractivity (Wildman–Crippen MR) is 145 cm³/mol. The summed E-state index contributed by atoms with van der Waals surface area (Å²) in [6.07, 6.45) is 4.95. The SMILES string of the molecule is CC.CC.COC(=O)C(Cc1ccc(NCCCn2ccc3cc(OSC)ccc32)cc1)OC. The van der Waals surface area contributed by atoms with Crippen molar-refractivity contribution in [2.24, 2.45) is 0 Å². The van der Waals surface area contributed by atoms with Gasteiger partial charge in [0.05, 0.1) is 19.2 Å². The molecule has 0 aliphatic rings. The first-order valence-electron chi connectivity index (χ1n) is 11.9. The van der Waals surface area contributed by atoms with Gasteiger partial charge in [0, 0.05) is 55.7 Å². The van der Waals surface area contributed by atoms with E-state index in [9.17, 15) is 4.79 Å². The summed E-state index contributed by atoms with van der Waals surface area (Å²) in [5.74, 6) is 0.520. The van der Waals surface area contributed by atoms with Crippen LogP contribution in [-0.4, -0.2) is 43.7 Å². The van der Waals surface area contributed by atoms with Crippen LogP contribution in [0.3, 0.4) is 0 Å². The number of hydrogen-bond acceptors (Lipinski definition) is 6. The average Bonchev–Trinajstić information content (AvgIpc) is 3.30. The third-order valence-corrected chi connectivity index (χ3v) is 5.31. The highest BCUT2D eigenvalue weighted by Crippen LogP contribution is 2.24. The number of aromatic nitrogens is 1. The Hall–Kier alpha value is -2.64. The van der Waals surface area contributed by atoms with Crippen LogP contribution >= 0.6 is 12.0 Å². The molecule has 0 radical (unpaired) electrons. The van der Waals surface area contributed by atoms with E-state index >= 15 is 0 Å². The van der Waals surface area contributed by atoms with E-state index in [4.69, 9.17) is 13.7 Å². The molecule has 1 unspecified atom stereocenters. The lowest BCUT2D eigenvalue weighted by Crippen LogP contribution is -2.26. The quantitative estimate of drug-likeness (QED) is 0.187. The Bertz CT molecular complexity index is 957. The molecule has 1 aromatic heterocycles. The number of fused-ring (bicyclic) bond motifs is 1. The average molecular weight is 489 g/mol. The largest absolute Gasteiger partial charge is 0.467 e. The number of carbonyl (C=O) groups excluding carboxylic acids is 1. The maximum Gasteiger partial charge on any atom is 0.335 e. The first-order valence-corrected chi connectivity index (χ1v) is 13.0. The highest BCUT2D eigenvalue weighted by Gasteiger charge is 2.18. The molecule has 34 heavy (non-hydrogen) atoms. The second kappa shape index (κ2) is 16.9. The van der Waals surface area contributed by atoms with Crippen LogP contribution in [0, 0.1) is 0 Å². The zero-order valence-electron chi connectivity index (χ0n) is 21.6. The van der Waals surface area contributed by atoms with Crippen molar-refractivity contribution in [3.8, 4) is 5.75 Å². The number of anilines is 1. The molecule has 0 aliphatic heterocycles. The fourth-order valence-corrected chi connectivity index (χ4v) is 3.67. The number of methoxy groups -OCH3 is 2. The van der Waals surface area contributed by atoms with Gasteiger partial charge in [0.25, 0.3) is 0 Å². The van der Waals surface area contributed by atoms with Crippen LogP contribution in [0.15, 0.2) is 54.7 Å². The molecule has 1 atom stereocenters. The third-order valence-electron chi connectivity index (χ3n) is 4.95. The van der Waals surface area contributed by atoms with Crippen LogP contribution in [0.4, 0.5) is 5.69 Å². The van der Waals surface area contributed by atoms with Gasteiger partial charge >= 0.3 is 5.97 Å². The number of esters is 1. The molecular weight excluding hydrogens is 448 g/mol. The van der Waals surface area contributed by atoms with Gasteiger partial charge in [-0.25, -0.2) is 4.79 Å². The van der Waals surface area contributed by atoms with E-state index in [1.54, 1.807) is 0 Å².